The molecule has 1 saturated heterocycles. The van der Waals surface area contributed by atoms with E-state index in [0.717, 1.165) is 33.1 Å². The van der Waals surface area contributed by atoms with Crippen molar-refractivity contribution < 1.29 is 4.79 Å². The number of rotatable bonds is 2. The molecule has 0 aliphatic carbocycles. The zero-order chi connectivity index (χ0) is 13.1. The van der Waals surface area contributed by atoms with E-state index >= 15 is 0 Å². The number of carbonyl (C=O) groups excluding carboxylic acids is 1. The van der Waals surface area contributed by atoms with Crippen molar-refractivity contribution in [2.45, 2.75) is 25.8 Å². The van der Waals surface area contributed by atoms with Crippen LogP contribution in [0.2, 0.25) is 0 Å². The van der Waals surface area contributed by atoms with Gasteiger partial charge >= 0.3 is 0 Å². The van der Waals surface area contributed by atoms with Crippen LogP contribution in [-0.2, 0) is 4.79 Å². The fourth-order valence-corrected chi connectivity index (χ4v) is 3.60. The first-order chi connectivity index (χ1) is 8.58. The Morgan fingerprint density at radius 2 is 2.33 bits per heavy atom. The summed E-state index contributed by atoms with van der Waals surface area (Å²) in [6.45, 7) is 3.05. The molecule has 1 aromatic carbocycles. The first-order valence-electron chi connectivity index (χ1n) is 6.07. The lowest BCUT2D eigenvalue weighted by Gasteiger charge is -2.29. The molecule has 1 heterocycles. The van der Waals surface area contributed by atoms with E-state index in [0.29, 0.717) is 5.92 Å². The highest BCUT2D eigenvalue weighted by Crippen LogP contribution is 2.25. The molecule has 1 aliphatic rings. The normalized spacial score (nSPS) is 23.7. The van der Waals surface area contributed by atoms with Crippen LogP contribution in [-0.4, -0.2) is 18.5 Å². The van der Waals surface area contributed by atoms with Gasteiger partial charge in [-0.25, -0.2) is 0 Å². The van der Waals surface area contributed by atoms with Crippen LogP contribution in [0.25, 0.3) is 0 Å². The predicted octanol–water partition coefficient (Wildman–Crippen LogP) is 3.38. The minimum Gasteiger partial charge on any atom is -0.324 e. The Bertz CT molecular complexity index is 453. The Labute approximate surface area is 129 Å². The van der Waals surface area contributed by atoms with Gasteiger partial charge in [-0.1, -0.05) is 6.92 Å². The molecule has 2 rings (SSSR count). The molecule has 1 aromatic rings. The monoisotopic (exact) mass is 422 g/mol. The van der Waals surface area contributed by atoms with Gasteiger partial charge < -0.3 is 10.6 Å². The summed E-state index contributed by atoms with van der Waals surface area (Å²) in [5, 5.41) is 6.28. The number of piperidine rings is 1. The topological polar surface area (TPSA) is 41.1 Å². The van der Waals surface area contributed by atoms with Crippen LogP contribution in [0.1, 0.15) is 19.8 Å². The van der Waals surface area contributed by atoms with Crippen LogP contribution < -0.4 is 10.6 Å². The van der Waals surface area contributed by atoms with Crippen molar-refractivity contribution in [1.29, 1.82) is 0 Å². The molecular weight excluding hydrogens is 407 g/mol. The number of hydrogen-bond acceptors (Lipinski definition) is 2. The number of hydrogen-bond donors (Lipinski definition) is 2. The molecule has 1 fully saturated rings. The zero-order valence-corrected chi connectivity index (χ0v) is 13.9. The lowest BCUT2D eigenvalue weighted by atomic mass is 9.92. The molecule has 0 radical (unpaired) electrons. The average Bonchev–Trinajstić information content (AvgIpc) is 2.33. The summed E-state index contributed by atoms with van der Waals surface area (Å²) in [5.41, 5.74) is 0.833. The van der Waals surface area contributed by atoms with Gasteiger partial charge in [0.05, 0.1) is 11.7 Å². The Kier molecular flexibility index (Phi) is 5.03. The summed E-state index contributed by atoms with van der Waals surface area (Å²) in [6, 6.07) is 5.83. The summed E-state index contributed by atoms with van der Waals surface area (Å²) < 4.78 is 2.06. The number of anilines is 1. The Morgan fingerprint density at radius 3 is 3.00 bits per heavy atom. The molecule has 98 valence electrons. The number of nitrogens with one attached hydrogen (secondary N) is 2. The predicted molar refractivity (Wildman–Crippen MR) is 85.7 cm³/mol. The summed E-state index contributed by atoms with van der Waals surface area (Å²) in [4.78, 5) is 12.2. The number of carbonyl (C=O) groups is 1. The van der Waals surface area contributed by atoms with Gasteiger partial charge in [-0.15, -0.1) is 0 Å². The Balaban J connectivity index is 2.06. The van der Waals surface area contributed by atoms with Crippen molar-refractivity contribution in [1.82, 2.24) is 5.32 Å². The SMILES string of the molecule is CC1CCCNC1C(=O)Nc1ccc(I)cc1Br. The van der Waals surface area contributed by atoms with Crippen molar-refractivity contribution in [3.05, 3.63) is 26.2 Å². The Hall–Kier alpha value is -0.140. The van der Waals surface area contributed by atoms with Gasteiger partial charge in [0.1, 0.15) is 0 Å². The van der Waals surface area contributed by atoms with Crippen molar-refractivity contribution >= 4 is 50.1 Å². The minimum absolute atomic E-state index is 0.0594. The maximum absolute atomic E-state index is 12.2. The van der Waals surface area contributed by atoms with E-state index < -0.39 is 0 Å². The third kappa shape index (κ3) is 3.45. The first-order valence-corrected chi connectivity index (χ1v) is 7.94. The van der Waals surface area contributed by atoms with Gasteiger partial charge in [0.15, 0.2) is 0 Å². The van der Waals surface area contributed by atoms with Gasteiger partial charge in [-0.05, 0) is 82.0 Å². The fraction of sp³-hybridized carbons (Fsp3) is 0.462. The molecule has 2 atom stereocenters. The van der Waals surface area contributed by atoms with Crippen molar-refractivity contribution in [3.63, 3.8) is 0 Å². The highest BCUT2D eigenvalue weighted by molar-refractivity contribution is 14.1. The van der Waals surface area contributed by atoms with Crippen LogP contribution in [0.5, 0.6) is 0 Å². The molecule has 2 unspecified atom stereocenters. The second-order valence-electron chi connectivity index (χ2n) is 4.66. The largest absolute Gasteiger partial charge is 0.324 e. The van der Waals surface area contributed by atoms with Crippen molar-refractivity contribution in [2.75, 3.05) is 11.9 Å². The summed E-state index contributed by atoms with van der Waals surface area (Å²) >= 11 is 5.72. The molecule has 1 aliphatic heterocycles. The van der Waals surface area contributed by atoms with E-state index in [1.54, 1.807) is 0 Å². The molecule has 5 heteroatoms. The average molecular weight is 423 g/mol. The van der Waals surface area contributed by atoms with Gasteiger partial charge in [-0.2, -0.15) is 0 Å². The van der Waals surface area contributed by atoms with E-state index in [1.165, 1.54) is 0 Å². The van der Waals surface area contributed by atoms with E-state index in [-0.39, 0.29) is 11.9 Å². The van der Waals surface area contributed by atoms with Gasteiger partial charge in [0, 0.05) is 8.04 Å². The Morgan fingerprint density at radius 1 is 1.56 bits per heavy atom. The van der Waals surface area contributed by atoms with E-state index in [1.807, 2.05) is 18.2 Å². The van der Waals surface area contributed by atoms with Crippen LogP contribution in [0.3, 0.4) is 0 Å². The molecule has 3 nitrogen and oxygen atoms in total. The van der Waals surface area contributed by atoms with Crippen molar-refractivity contribution in [3.8, 4) is 0 Å². The maximum atomic E-state index is 12.2. The first kappa shape index (κ1) is 14.3. The third-order valence-corrected chi connectivity index (χ3v) is 4.57. The second-order valence-corrected chi connectivity index (χ2v) is 6.76. The molecule has 0 bridgehead atoms. The van der Waals surface area contributed by atoms with Gasteiger partial charge in [0.25, 0.3) is 0 Å². The number of halogens is 2. The molecule has 2 N–H and O–H groups in total. The van der Waals surface area contributed by atoms with Crippen LogP contribution in [0, 0.1) is 9.49 Å². The van der Waals surface area contributed by atoms with E-state index in [4.69, 9.17) is 0 Å². The van der Waals surface area contributed by atoms with Gasteiger partial charge in [-0.3, -0.25) is 4.79 Å². The zero-order valence-electron chi connectivity index (χ0n) is 10.2. The van der Waals surface area contributed by atoms with Gasteiger partial charge in [0.2, 0.25) is 5.91 Å². The fourth-order valence-electron chi connectivity index (χ4n) is 2.20. The van der Waals surface area contributed by atoms with Crippen molar-refractivity contribution in [2.24, 2.45) is 5.92 Å². The minimum atomic E-state index is -0.0788. The molecule has 0 spiro atoms. The lowest BCUT2D eigenvalue weighted by Crippen LogP contribution is -2.48. The second kappa shape index (κ2) is 6.34. The van der Waals surface area contributed by atoms with Crippen LogP contribution >= 0.6 is 38.5 Å². The summed E-state index contributed by atoms with van der Waals surface area (Å²) in [7, 11) is 0. The molecule has 1 amide bonds. The highest BCUT2D eigenvalue weighted by Gasteiger charge is 2.27. The molecule has 0 aromatic heterocycles. The van der Waals surface area contributed by atoms with E-state index in [2.05, 4.69) is 56.1 Å². The highest BCUT2D eigenvalue weighted by atomic mass is 127. The maximum Gasteiger partial charge on any atom is 0.241 e. The third-order valence-electron chi connectivity index (χ3n) is 3.24. The molecular formula is C13H16BrIN2O. The number of amides is 1. The smallest absolute Gasteiger partial charge is 0.241 e. The van der Waals surface area contributed by atoms with E-state index in [9.17, 15) is 4.79 Å². The number of benzene rings is 1. The van der Waals surface area contributed by atoms with Crippen LogP contribution in [0.4, 0.5) is 5.69 Å². The standard InChI is InChI=1S/C13H16BrIN2O/c1-8-3-2-6-16-12(8)13(18)17-11-5-4-9(15)7-10(11)14/h4-5,7-8,12,16H,2-3,6H2,1H3,(H,17,18). The lowest BCUT2D eigenvalue weighted by molar-refractivity contribution is -0.119. The summed E-state index contributed by atoms with van der Waals surface area (Å²) in [5.74, 6) is 0.450. The quantitative estimate of drug-likeness (QED) is 0.717. The summed E-state index contributed by atoms with van der Waals surface area (Å²) in [6.07, 6.45) is 2.26. The molecule has 18 heavy (non-hydrogen) atoms. The van der Waals surface area contributed by atoms with Crippen LogP contribution in [0.15, 0.2) is 22.7 Å². The molecule has 0 saturated carbocycles.